The minimum absolute atomic E-state index is 0.0641. The summed E-state index contributed by atoms with van der Waals surface area (Å²) in [6.07, 6.45) is 15.4. The summed E-state index contributed by atoms with van der Waals surface area (Å²) in [7, 11) is 0. The van der Waals surface area contributed by atoms with Crippen molar-refractivity contribution < 1.29 is 0 Å². The Labute approximate surface area is 397 Å². The molecule has 3 nitrogen and oxygen atoms in total. The molecule has 12 rings (SSSR count). The van der Waals surface area contributed by atoms with Gasteiger partial charge in [0.2, 0.25) is 6.71 Å². The van der Waals surface area contributed by atoms with Gasteiger partial charge in [-0.3, -0.25) is 0 Å². The number of hydrogen-bond acceptors (Lipinski definition) is 2. The van der Waals surface area contributed by atoms with Crippen LogP contribution in [-0.2, 0) is 5.41 Å². The van der Waals surface area contributed by atoms with E-state index < -0.39 is 0 Å². The maximum atomic E-state index is 2.65. The molecule has 0 N–H and O–H groups in total. The second kappa shape index (κ2) is 15.5. The number of nitrogens with zero attached hydrogens (tertiary/aromatic N) is 3. The Kier molecular flexibility index (Phi) is 9.59. The molecule has 2 aliphatic carbocycles. The predicted octanol–water partition coefficient (Wildman–Crippen LogP) is 15.8. The van der Waals surface area contributed by atoms with Gasteiger partial charge in [0.05, 0.1) is 16.7 Å². The Morgan fingerprint density at radius 2 is 1.22 bits per heavy atom. The summed E-state index contributed by atoms with van der Waals surface area (Å²) in [5.41, 5.74) is 20.6. The highest BCUT2D eigenvalue weighted by Crippen LogP contribution is 2.53. The molecule has 2 aliphatic heterocycles. The van der Waals surface area contributed by atoms with Crippen LogP contribution in [-0.4, -0.2) is 11.3 Å². The topological polar surface area (TPSA) is 11.4 Å². The molecular weight excluding hydrogens is 810 g/mol. The number of hydrogen-bond donors (Lipinski definition) is 0. The van der Waals surface area contributed by atoms with Gasteiger partial charge in [0.1, 0.15) is 0 Å². The molecule has 3 unspecified atom stereocenters. The number of anilines is 5. The quantitative estimate of drug-likeness (QED) is 0.160. The molecule has 0 saturated carbocycles. The van der Waals surface area contributed by atoms with Gasteiger partial charge in [-0.2, -0.15) is 0 Å². The molecule has 67 heavy (non-hydrogen) atoms. The van der Waals surface area contributed by atoms with E-state index >= 15 is 0 Å². The molecule has 7 aromatic carbocycles. The van der Waals surface area contributed by atoms with Gasteiger partial charge >= 0.3 is 0 Å². The Bertz CT molecular complexity index is 3350. The van der Waals surface area contributed by atoms with Crippen LogP contribution in [0.5, 0.6) is 0 Å². The Morgan fingerprint density at radius 3 is 1.93 bits per heavy atom. The third-order valence-electron chi connectivity index (χ3n) is 15.2. The van der Waals surface area contributed by atoms with E-state index in [1.54, 1.807) is 0 Å². The minimum Gasteiger partial charge on any atom is -0.315 e. The second-order valence-electron chi connectivity index (χ2n) is 21.4. The molecule has 328 valence electrons. The summed E-state index contributed by atoms with van der Waals surface area (Å²) in [5.74, 6) is 0.850. The van der Waals surface area contributed by atoms with Crippen LogP contribution in [0.4, 0.5) is 28.4 Å². The van der Waals surface area contributed by atoms with E-state index in [4.69, 9.17) is 0 Å². The van der Waals surface area contributed by atoms with Crippen LogP contribution in [0, 0.1) is 11.3 Å². The largest absolute Gasteiger partial charge is 0.315 e. The highest BCUT2D eigenvalue weighted by atomic mass is 15.2. The van der Waals surface area contributed by atoms with Gasteiger partial charge in [-0.25, -0.2) is 0 Å². The van der Waals surface area contributed by atoms with Gasteiger partial charge in [-0.05, 0) is 117 Å². The molecule has 8 aromatic rings. The third-order valence-corrected chi connectivity index (χ3v) is 15.2. The number of para-hydroxylation sites is 4. The van der Waals surface area contributed by atoms with Crippen LogP contribution >= 0.6 is 0 Å². The molecule has 4 heteroatoms. The summed E-state index contributed by atoms with van der Waals surface area (Å²) in [4.78, 5) is 5.26. The van der Waals surface area contributed by atoms with Gasteiger partial charge in [-0.1, -0.05) is 188 Å². The molecule has 0 saturated heterocycles. The highest BCUT2D eigenvalue weighted by Gasteiger charge is 2.48. The molecule has 0 spiro atoms. The van der Waals surface area contributed by atoms with E-state index in [9.17, 15) is 0 Å². The lowest BCUT2D eigenvalue weighted by Crippen LogP contribution is -2.58. The van der Waals surface area contributed by atoms with E-state index in [0.717, 1.165) is 12.1 Å². The second-order valence-corrected chi connectivity index (χ2v) is 21.4. The van der Waals surface area contributed by atoms with Crippen LogP contribution in [0.15, 0.2) is 205 Å². The van der Waals surface area contributed by atoms with Crippen molar-refractivity contribution in [3.05, 3.63) is 217 Å². The van der Waals surface area contributed by atoms with Crippen molar-refractivity contribution >= 4 is 67.9 Å². The van der Waals surface area contributed by atoms with Crippen molar-refractivity contribution in [3.63, 3.8) is 0 Å². The van der Waals surface area contributed by atoms with E-state index in [2.05, 4.69) is 257 Å². The monoisotopic (exact) mass is 867 g/mol. The van der Waals surface area contributed by atoms with Crippen LogP contribution < -0.4 is 20.7 Å². The standard InChI is InChI=1S/C63H58BN3/c1-41-39-44(63(5,6)7)35-37-46(41)48-20-9-16-27-56(48)66-57-28-17-12-23-51(57)64-52-38-36-45(65-54-25-14-10-21-49(54)50-22-11-15-26-55(50)65)40-60(52)67(59-30-18-29-58(66)61(59)64)53-24-13-8-19-47(53)42-31-33-43(34-32-42)62(2,3)4/h8-22,24-41,46,51H,23H2,1-7H3. The molecule has 1 aromatic heterocycles. The van der Waals surface area contributed by atoms with Crippen LogP contribution in [0.2, 0.25) is 5.82 Å². The van der Waals surface area contributed by atoms with Gasteiger partial charge in [0, 0.05) is 56.4 Å². The van der Waals surface area contributed by atoms with Gasteiger partial charge in [0.25, 0.3) is 0 Å². The average molecular weight is 868 g/mol. The van der Waals surface area contributed by atoms with E-state index in [1.165, 1.54) is 94.7 Å². The van der Waals surface area contributed by atoms with E-state index in [1.807, 2.05) is 0 Å². The summed E-state index contributed by atoms with van der Waals surface area (Å²) >= 11 is 0. The van der Waals surface area contributed by atoms with Gasteiger partial charge in [0.15, 0.2) is 0 Å². The molecular formula is C63H58BN3. The van der Waals surface area contributed by atoms with Crippen molar-refractivity contribution in [2.45, 2.75) is 72.0 Å². The molecule has 4 aliphatic rings. The average Bonchev–Trinajstić information content (AvgIpc) is 3.68. The normalized spacial score (nSPS) is 18.7. The van der Waals surface area contributed by atoms with Crippen LogP contribution in [0.3, 0.4) is 0 Å². The number of benzene rings is 7. The number of aromatic nitrogens is 1. The van der Waals surface area contributed by atoms with Crippen molar-refractivity contribution in [2.75, 3.05) is 9.80 Å². The predicted molar refractivity (Wildman–Crippen MR) is 287 cm³/mol. The third kappa shape index (κ3) is 6.62. The van der Waals surface area contributed by atoms with Crippen LogP contribution in [0.25, 0.3) is 38.6 Å². The highest BCUT2D eigenvalue weighted by molar-refractivity contribution is 6.91. The summed E-state index contributed by atoms with van der Waals surface area (Å²) < 4.78 is 2.47. The molecule has 0 radical (unpaired) electrons. The maximum absolute atomic E-state index is 2.65. The molecule has 0 fully saturated rings. The van der Waals surface area contributed by atoms with Crippen molar-refractivity contribution in [1.82, 2.24) is 4.57 Å². The van der Waals surface area contributed by atoms with Crippen molar-refractivity contribution in [2.24, 2.45) is 11.3 Å². The Hall–Kier alpha value is -7.04. The number of fused-ring (bicyclic) bond motifs is 7. The van der Waals surface area contributed by atoms with Crippen LogP contribution in [0.1, 0.15) is 71.9 Å². The summed E-state index contributed by atoms with van der Waals surface area (Å²) in [5, 5.41) is 2.54. The first kappa shape index (κ1) is 41.4. The van der Waals surface area contributed by atoms with E-state index in [-0.39, 0.29) is 29.3 Å². The number of rotatable bonds is 5. The lowest BCUT2D eigenvalue weighted by atomic mass is 9.29. The number of allylic oxidation sites excluding steroid dienone is 8. The first-order valence-corrected chi connectivity index (χ1v) is 24.4. The Balaban J connectivity index is 1.10. The van der Waals surface area contributed by atoms with E-state index in [0.29, 0.717) is 5.92 Å². The summed E-state index contributed by atoms with van der Waals surface area (Å²) in [6, 6.07) is 59.7. The smallest absolute Gasteiger partial charge is 0.226 e. The van der Waals surface area contributed by atoms with Gasteiger partial charge < -0.3 is 14.4 Å². The first-order valence-electron chi connectivity index (χ1n) is 24.4. The van der Waals surface area contributed by atoms with Crippen molar-refractivity contribution in [3.8, 4) is 16.8 Å². The fraction of sp³-hybridized carbons (Fsp3) is 0.206. The lowest BCUT2D eigenvalue weighted by molar-refractivity contribution is 0.496. The first-order chi connectivity index (χ1) is 32.5. The SMILES string of the molecule is CC1C=C(C(C)(C)C)C=CC1c1ccccc1N1C2=CC=CCC2B2c3ccc(-n4c5ccccc5c5ccccc54)cc3N(c3ccccc3-c3ccc(C(C)(C)C)cc3)c3cccc1c32. The lowest BCUT2D eigenvalue weighted by Gasteiger charge is -2.49. The fourth-order valence-electron chi connectivity index (χ4n) is 11.9. The minimum atomic E-state index is 0.0641. The molecule has 3 heterocycles. The molecule has 0 bridgehead atoms. The van der Waals surface area contributed by atoms with Crippen molar-refractivity contribution in [1.29, 1.82) is 0 Å². The maximum Gasteiger partial charge on any atom is 0.226 e. The fourth-order valence-corrected chi connectivity index (χ4v) is 11.9. The zero-order valence-electron chi connectivity index (χ0n) is 39.8. The zero-order valence-corrected chi connectivity index (χ0v) is 39.8. The summed E-state index contributed by atoms with van der Waals surface area (Å²) in [6.45, 7) is 16.4. The molecule has 0 amide bonds. The van der Waals surface area contributed by atoms with Gasteiger partial charge in [-0.15, -0.1) is 0 Å². The zero-order chi connectivity index (χ0) is 45.8. The Morgan fingerprint density at radius 1 is 0.582 bits per heavy atom. The molecule has 3 atom stereocenters.